The minimum atomic E-state index is -4.03. The number of primary sulfonamides is 1. The summed E-state index contributed by atoms with van der Waals surface area (Å²) in [4.78, 5) is 23.7. The molecule has 0 fully saturated rings. The maximum Gasteiger partial charge on any atom is 0.251 e. The van der Waals surface area contributed by atoms with Crippen LogP contribution in [0.15, 0.2) is 47.4 Å². The Labute approximate surface area is 155 Å². The van der Waals surface area contributed by atoms with E-state index in [1.807, 2.05) is 0 Å². The van der Waals surface area contributed by atoms with Crippen LogP contribution in [-0.2, 0) is 14.8 Å². The summed E-state index contributed by atoms with van der Waals surface area (Å²) in [6, 6.07) is 10.2. The van der Waals surface area contributed by atoms with Gasteiger partial charge in [0.25, 0.3) is 5.91 Å². The molecule has 0 heterocycles. The average molecular weight is 398 g/mol. The second-order valence-corrected chi connectivity index (χ2v) is 7.12. The maximum absolute atomic E-state index is 12.0. The number of carbonyl (C=O) groups excluding carboxylic acids is 2. The van der Waals surface area contributed by atoms with Crippen LogP contribution < -0.4 is 20.5 Å². The number of sulfonamides is 1. The number of ether oxygens (including phenoxy) is 1. The van der Waals surface area contributed by atoms with Gasteiger partial charge in [0.15, 0.2) is 0 Å². The van der Waals surface area contributed by atoms with Gasteiger partial charge in [-0.05, 0) is 36.4 Å². The van der Waals surface area contributed by atoms with Gasteiger partial charge in [-0.2, -0.15) is 0 Å². The summed E-state index contributed by atoms with van der Waals surface area (Å²) in [7, 11) is -2.73. The van der Waals surface area contributed by atoms with Gasteiger partial charge < -0.3 is 15.4 Å². The second kappa shape index (κ2) is 8.17. The Hall–Kier alpha value is -2.62. The molecule has 2 aromatic rings. The molecule has 0 atom stereocenters. The average Bonchev–Trinajstić information content (AvgIpc) is 2.59. The zero-order valence-electron chi connectivity index (χ0n) is 13.7. The summed E-state index contributed by atoms with van der Waals surface area (Å²) in [6.45, 7) is -0.317. The molecule has 0 unspecified atom stereocenters. The highest BCUT2D eigenvalue weighted by Crippen LogP contribution is 2.25. The number of carbonyl (C=O) groups is 2. The van der Waals surface area contributed by atoms with E-state index < -0.39 is 21.8 Å². The Morgan fingerprint density at radius 3 is 2.54 bits per heavy atom. The first kappa shape index (κ1) is 19.7. The van der Waals surface area contributed by atoms with E-state index in [2.05, 4.69) is 10.6 Å². The van der Waals surface area contributed by atoms with E-state index in [1.165, 1.54) is 31.4 Å². The van der Waals surface area contributed by atoms with E-state index in [1.54, 1.807) is 18.2 Å². The van der Waals surface area contributed by atoms with Crippen LogP contribution in [0.25, 0.3) is 0 Å². The summed E-state index contributed by atoms with van der Waals surface area (Å²) >= 11 is 5.81. The molecule has 2 amide bonds. The number of anilines is 1. The molecule has 8 nitrogen and oxygen atoms in total. The van der Waals surface area contributed by atoms with E-state index >= 15 is 0 Å². The van der Waals surface area contributed by atoms with E-state index in [4.69, 9.17) is 21.5 Å². The largest absolute Gasteiger partial charge is 0.495 e. The van der Waals surface area contributed by atoms with Crippen molar-refractivity contribution in [1.82, 2.24) is 5.32 Å². The van der Waals surface area contributed by atoms with Crippen LogP contribution in [0.1, 0.15) is 10.4 Å². The highest BCUT2D eigenvalue weighted by Gasteiger charge is 2.16. The normalized spacial score (nSPS) is 10.9. The molecule has 0 aliphatic heterocycles. The number of halogens is 1. The van der Waals surface area contributed by atoms with Crippen molar-refractivity contribution >= 4 is 39.1 Å². The van der Waals surface area contributed by atoms with Crippen molar-refractivity contribution in [3.63, 3.8) is 0 Å². The van der Waals surface area contributed by atoms with Crippen molar-refractivity contribution in [2.24, 2.45) is 5.14 Å². The molecule has 0 aliphatic rings. The van der Waals surface area contributed by atoms with Crippen molar-refractivity contribution in [1.29, 1.82) is 0 Å². The smallest absolute Gasteiger partial charge is 0.251 e. The molecule has 2 aromatic carbocycles. The predicted octanol–water partition coefficient (Wildman–Crippen LogP) is 1.36. The third-order valence-electron chi connectivity index (χ3n) is 3.25. The summed E-state index contributed by atoms with van der Waals surface area (Å²) in [5.74, 6) is -0.965. The van der Waals surface area contributed by atoms with Crippen LogP contribution in [0.5, 0.6) is 5.75 Å². The van der Waals surface area contributed by atoms with Crippen LogP contribution in [0.3, 0.4) is 0 Å². The third kappa shape index (κ3) is 5.19. The van der Waals surface area contributed by atoms with Crippen LogP contribution in [0, 0.1) is 0 Å². The lowest BCUT2D eigenvalue weighted by molar-refractivity contribution is -0.115. The van der Waals surface area contributed by atoms with Gasteiger partial charge in [0.1, 0.15) is 10.6 Å². The van der Waals surface area contributed by atoms with Gasteiger partial charge in [-0.3, -0.25) is 9.59 Å². The number of hydrogen-bond acceptors (Lipinski definition) is 5. The molecule has 0 aliphatic carbocycles. The molecule has 138 valence electrons. The number of rotatable bonds is 6. The Morgan fingerprint density at radius 1 is 1.19 bits per heavy atom. The minimum absolute atomic E-state index is 0.0553. The van der Waals surface area contributed by atoms with Crippen molar-refractivity contribution in [3.8, 4) is 5.75 Å². The van der Waals surface area contributed by atoms with Crippen molar-refractivity contribution < 1.29 is 22.7 Å². The molecule has 0 bridgehead atoms. The lowest BCUT2D eigenvalue weighted by Crippen LogP contribution is -2.32. The zero-order valence-corrected chi connectivity index (χ0v) is 15.2. The first-order chi connectivity index (χ1) is 12.2. The van der Waals surface area contributed by atoms with Gasteiger partial charge in [0.2, 0.25) is 15.9 Å². The van der Waals surface area contributed by atoms with Gasteiger partial charge >= 0.3 is 0 Å². The fourth-order valence-corrected chi connectivity index (χ4v) is 2.99. The fraction of sp³-hybridized carbons (Fsp3) is 0.125. The van der Waals surface area contributed by atoms with E-state index in [0.29, 0.717) is 10.6 Å². The predicted molar refractivity (Wildman–Crippen MR) is 96.8 cm³/mol. The number of nitrogens with one attached hydrogen (secondary N) is 2. The molecule has 0 saturated carbocycles. The molecule has 0 spiro atoms. The monoisotopic (exact) mass is 397 g/mol. The van der Waals surface area contributed by atoms with Gasteiger partial charge in [-0.25, -0.2) is 13.6 Å². The second-order valence-electron chi connectivity index (χ2n) is 5.15. The SMILES string of the molecule is COc1ccc(NC(=O)CNC(=O)c2cccc(Cl)c2)cc1S(N)(=O)=O. The number of methoxy groups -OCH3 is 1. The van der Waals surface area contributed by atoms with Gasteiger partial charge in [-0.1, -0.05) is 17.7 Å². The summed E-state index contributed by atoms with van der Waals surface area (Å²) in [6.07, 6.45) is 0. The van der Waals surface area contributed by atoms with Gasteiger partial charge in [-0.15, -0.1) is 0 Å². The molecule has 4 N–H and O–H groups in total. The quantitative estimate of drug-likeness (QED) is 0.678. The van der Waals surface area contributed by atoms with Crippen molar-refractivity contribution in [3.05, 3.63) is 53.1 Å². The fourth-order valence-electron chi connectivity index (χ4n) is 2.07. The Balaban J connectivity index is 2.03. The van der Waals surface area contributed by atoms with Crippen LogP contribution >= 0.6 is 11.6 Å². The minimum Gasteiger partial charge on any atom is -0.495 e. The summed E-state index contributed by atoms with van der Waals surface area (Å²) < 4.78 is 28.1. The van der Waals surface area contributed by atoms with Crippen LogP contribution in [0.4, 0.5) is 5.69 Å². The number of amides is 2. The first-order valence-electron chi connectivity index (χ1n) is 7.25. The molecule has 0 radical (unpaired) electrons. The van der Waals surface area contributed by atoms with Crippen molar-refractivity contribution in [2.75, 3.05) is 19.0 Å². The standard InChI is InChI=1S/C16H16ClN3O5S/c1-25-13-6-5-12(8-14(13)26(18,23)24)20-15(21)9-19-16(22)10-3-2-4-11(17)7-10/h2-8H,9H2,1H3,(H,19,22)(H,20,21)(H2,18,23,24). The first-order valence-corrected chi connectivity index (χ1v) is 9.17. The molecule has 0 aromatic heterocycles. The third-order valence-corrected chi connectivity index (χ3v) is 4.42. The molecule has 0 saturated heterocycles. The van der Waals surface area contributed by atoms with E-state index in [9.17, 15) is 18.0 Å². The Kier molecular flexibility index (Phi) is 6.19. The molecule has 26 heavy (non-hydrogen) atoms. The zero-order chi connectivity index (χ0) is 19.3. The maximum atomic E-state index is 12.0. The van der Waals surface area contributed by atoms with Crippen LogP contribution in [-0.4, -0.2) is 33.9 Å². The number of hydrogen-bond donors (Lipinski definition) is 3. The number of benzene rings is 2. The van der Waals surface area contributed by atoms with Crippen molar-refractivity contribution in [2.45, 2.75) is 4.90 Å². The Bertz CT molecular complexity index is 947. The number of nitrogens with two attached hydrogens (primary N) is 1. The lowest BCUT2D eigenvalue weighted by atomic mass is 10.2. The van der Waals surface area contributed by atoms with Gasteiger partial charge in [0.05, 0.1) is 13.7 Å². The van der Waals surface area contributed by atoms with E-state index in [0.717, 1.165) is 0 Å². The molecule has 2 rings (SSSR count). The summed E-state index contributed by atoms with van der Waals surface area (Å²) in [5.41, 5.74) is 0.503. The molecule has 10 heteroatoms. The highest BCUT2D eigenvalue weighted by atomic mass is 35.5. The van der Waals surface area contributed by atoms with E-state index in [-0.39, 0.29) is 22.9 Å². The highest BCUT2D eigenvalue weighted by molar-refractivity contribution is 7.89. The molecular formula is C16H16ClN3O5S. The van der Waals surface area contributed by atoms with Gasteiger partial charge in [0, 0.05) is 16.3 Å². The molecular weight excluding hydrogens is 382 g/mol. The Morgan fingerprint density at radius 2 is 1.92 bits per heavy atom. The topological polar surface area (TPSA) is 128 Å². The summed E-state index contributed by atoms with van der Waals surface area (Å²) in [5, 5.41) is 10.4. The van der Waals surface area contributed by atoms with Crippen LogP contribution in [0.2, 0.25) is 5.02 Å². The lowest BCUT2D eigenvalue weighted by Gasteiger charge is -2.11.